The van der Waals surface area contributed by atoms with Crippen molar-refractivity contribution < 1.29 is 13.2 Å². The normalized spacial score (nSPS) is 14.5. The molecule has 0 radical (unpaired) electrons. The first kappa shape index (κ1) is 24.0. The van der Waals surface area contributed by atoms with Gasteiger partial charge in [-0.3, -0.25) is 0 Å². The second-order valence-corrected chi connectivity index (χ2v) is 10.4. The van der Waals surface area contributed by atoms with E-state index in [1.54, 1.807) is 22.8 Å². The third-order valence-corrected chi connectivity index (χ3v) is 8.19. The number of piperazine rings is 1. The van der Waals surface area contributed by atoms with Gasteiger partial charge < -0.3 is 9.64 Å². The SMILES string of the molecule is CCOc1ccc(-c2cc(N3CCN(S(=O)(=O)c4ccc(-c5ccccc5)cc4)CC3)ncn2)cc1. The zero-order valence-electron chi connectivity index (χ0n) is 20.1. The van der Waals surface area contributed by atoms with Crippen LogP contribution in [0.5, 0.6) is 5.75 Å². The third kappa shape index (κ3) is 5.10. The van der Waals surface area contributed by atoms with E-state index in [-0.39, 0.29) is 0 Å². The molecule has 7 nitrogen and oxygen atoms in total. The molecule has 4 aromatic rings. The highest BCUT2D eigenvalue weighted by atomic mass is 32.2. The van der Waals surface area contributed by atoms with Crippen LogP contribution in [0.15, 0.2) is 96.2 Å². The van der Waals surface area contributed by atoms with Gasteiger partial charge in [0.25, 0.3) is 0 Å². The third-order valence-electron chi connectivity index (χ3n) is 6.28. The van der Waals surface area contributed by atoms with E-state index < -0.39 is 10.0 Å². The summed E-state index contributed by atoms with van der Waals surface area (Å²) in [6.07, 6.45) is 1.55. The highest BCUT2D eigenvalue weighted by Crippen LogP contribution is 2.26. The summed E-state index contributed by atoms with van der Waals surface area (Å²) in [6.45, 7) is 4.48. The maximum Gasteiger partial charge on any atom is 0.243 e. The number of sulfonamides is 1. The average Bonchev–Trinajstić information content (AvgIpc) is 2.94. The van der Waals surface area contributed by atoms with Crippen LogP contribution < -0.4 is 9.64 Å². The van der Waals surface area contributed by atoms with Crippen LogP contribution in [0, 0.1) is 0 Å². The fourth-order valence-electron chi connectivity index (χ4n) is 4.32. The van der Waals surface area contributed by atoms with Gasteiger partial charge in [-0.1, -0.05) is 42.5 Å². The van der Waals surface area contributed by atoms with Crippen LogP contribution in [0.4, 0.5) is 5.82 Å². The molecule has 0 atom stereocenters. The zero-order valence-corrected chi connectivity index (χ0v) is 20.9. The number of anilines is 1. The van der Waals surface area contributed by atoms with Crippen molar-refractivity contribution in [3.63, 3.8) is 0 Å². The Labute approximate surface area is 212 Å². The molecule has 1 aliphatic rings. The van der Waals surface area contributed by atoms with Gasteiger partial charge >= 0.3 is 0 Å². The van der Waals surface area contributed by atoms with Crippen molar-refractivity contribution in [2.75, 3.05) is 37.7 Å². The van der Waals surface area contributed by atoms with Crippen LogP contribution in [0.3, 0.4) is 0 Å². The standard InChI is InChI=1S/C28H28N4O3S/c1-2-35-25-12-8-24(9-13-25)27-20-28(30-21-29-27)31-16-18-32(19-17-31)36(33,34)26-14-10-23(11-15-26)22-6-4-3-5-7-22/h3-15,20-21H,2,16-19H2,1H3. The van der Waals surface area contributed by atoms with Gasteiger partial charge in [0.05, 0.1) is 17.2 Å². The smallest absolute Gasteiger partial charge is 0.243 e. The van der Waals surface area contributed by atoms with E-state index in [0.29, 0.717) is 37.7 Å². The monoisotopic (exact) mass is 500 g/mol. The summed E-state index contributed by atoms with van der Waals surface area (Å²) in [5.74, 6) is 1.61. The molecule has 0 N–H and O–H groups in total. The molecule has 0 spiro atoms. The van der Waals surface area contributed by atoms with Crippen molar-refractivity contribution in [2.45, 2.75) is 11.8 Å². The Hall–Kier alpha value is -3.75. The van der Waals surface area contributed by atoms with Crippen molar-refractivity contribution >= 4 is 15.8 Å². The largest absolute Gasteiger partial charge is 0.494 e. The first-order valence-corrected chi connectivity index (χ1v) is 13.4. The number of hydrogen-bond donors (Lipinski definition) is 0. The molecule has 5 rings (SSSR count). The highest BCUT2D eigenvalue weighted by Gasteiger charge is 2.29. The van der Waals surface area contributed by atoms with Crippen LogP contribution in [-0.2, 0) is 10.0 Å². The molecule has 0 unspecified atom stereocenters. The van der Waals surface area contributed by atoms with Crippen LogP contribution in [0.1, 0.15) is 6.92 Å². The van der Waals surface area contributed by atoms with E-state index in [0.717, 1.165) is 34.0 Å². The van der Waals surface area contributed by atoms with Crippen LogP contribution in [0.25, 0.3) is 22.4 Å². The second-order valence-electron chi connectivity index (χ2n) is 8.50. The predicted octanol–water partition coefficient (Wildman–Crippen LogP) is 4.72. The molecule has 1 saturated heterocycles. The van der Waals surface area contributed by atoms with E-state index in [9.17, 15) is 8.42 Å². The fourth-order valence-corrected chi connectivity index (χ4v) is 5.75. The Bertz CT molecular complexity index is 1400. The molecular weight excluding hydrogens is 472 g/mol. The van der Waals surface area contributed by atoms with Gasteiger partial charge in [0, 0.05) is 37.8 Å². The van der Waals surface area contributed by atoms with Gasteiger partial charge in [-0.2, -0.15) is 4.31 Å². The molecule has 184 valence electrons. The van der Waals surface area contributed by atoms with Crippen molar-refractivity contribution in [3.05, 3.63) is 91.3 Å². The van der Waals surface area contributed by atoms with Gasteiger partial charge in [-0.15, -0.1) is 0 Å². The summed E-state index contributed by atoms with van der Waals surface area (Å²) < 4.78 is 33.6. The van der Waals surface area contributed by atoms with Gasteiger partial charge in [-0.05, 0) is 54.4 Å². The lowest BCUT2D eigenvalue weighted by Gasteiger charge is -2.34. The maximum absolute atomic E-state index is 13.3. The number of hydrogen-bond acceptors (Lipinski definition) is 6. The van der Waals surface area contributed by atoms with Crippen molar-refractivity contribution in [1.29, 1.82) is 0 Å². The first-order valence-electron chi connectivity index (χ1n) is 12.0. The fraction of sp³-hybridized carbons (Fsp3) is 0.214. The number of rotatable bonds is 7. The van der Waals surface area contributed by atoms with Crippen LogP contribution in [0.2, 0.25) is 0 Å². The van der Waals surface area contributed by atoms with Crippen LogP contribution in [-0.4, -0.2) is 55.5 Å². The molecule has 2 heterocycles. The Morgan fingerprint density at radius 2 is 1.42 bits per heavy atom. The molecule has 0 saturated carbocycles. The Morgan fingerprint density at radius 1 is 0.778 bits per heavy atom. The van der Waals surface area contributed by atoms with Crippen molar-refractivity contribution in [2.24, 2.45) is 0 Å². The Balaban J connectivity index is 1.25. The van der Waals surface area contributed by atoms with Gasteiger partial charge in [0.2, 0.25) is 10.0 Å². The molecule has 36 heavy (non-hydrogen) atoms. The lowest BCUT2D eigenvalue weighted by molar-refractivity contribution is 0.340. The molecule has 1 aromatic heterocycles. The lowest BCUT2D eigenvalue weighted by atomic mass is 10.1. The summed E-state index contributed by atoms with van der Waals surface area (Å²) in [5, 5.41) is 0. The highest BCUT2D eigenvalue weighted by molar-refractivity contribution is 7.89. The van der Waals surface area contributed by atoms with Gasteiger partial charge in [0.15, 0.2) is 0 Å². The number of nitrogens with zero attached hydrogens (tertiary/aromatic N) is 4. The summed E-state index contributed by atoms with van der Waals surface area (Å²) in [7, 11) is -3.56. The quantitative estimate of drug-likeness (QED) is 0.366. The number of ether oxygens (including phenoxy) is 1. The summed E-state index contributed by atoms with van der Waals surface area (Å²) in [5.41, 5.74) is 3.84. The number of aromatic nitrogens is 2. The van der Waals surface area contributed by atoms with E-state index in [1.807, 2.05) is 79.7 Å². The summed E-state index contributed by atoms with van der Waals surface area (Å²) in [4.78, 5) is 11.3. The molecule has 1 aliphatic heterocycles. The molecule has 1 fully saturated rings. The number of benzene rings is 3. The first-order chi connectivity index (χ1) is 17.5. The minimum absolute atomic E-state index is 0.315. The lowest BCUT2D eigenvalue weighted by Crippen LogP contribution is -2.48. The maximum atomic E-state index is 13.3. The second kappa shape index (κ2) is 10.5. The van der Waals surface area contributed by atoms with Crippen molar-refractivity contribution in [3.8, 4) is 28.1 Å². The van der Waals surface area contributed by atoms with Gasteiger partial charge in [0.1, 0.15) is 17.9 Å². The Morgan fingerprint density at radius 3 is 2.08 bits per heavy atom. The molecule has 3 aromatic carbocycles. The molecule has 0 aliphatic carbocycles. The summed E-state index contributed by atoms with van der Waals surface area (Å²) >= 11 is 0. The average molecular weight is 501 g/mol. The van der Waals surface area contributed by atoms with E-state index >= 15 is 0 Å². The van der Waals surface area contributed by atoms with E-state index in [2.05, 4.69) is 14.9 Å². The molecular formula is C28H28N4O3S. The minimum Gasteiger partial charge on any atom is -0.494 e. The Kier molecular flexibility index (Phi) is 6.97. The molecule has 8 heteroatoms. The van der Waals surface area contributed by atoms with Gasteiger partial charge in [-0.25, -0.2) is 18.4 Å². The predicted molar refractivity (Wildman–Crippen MR) is 141 cm³/mol. The van der Waals surface area contributed by atoms with E-state index in [4.69, 9.17) is 4.74 Å². The molecule has 0 amide bonds. The zero-order chi connectivity index (χ0) is 25.0. The van der Waals surface area contributed by atoms with Crippen molar-refractivity contribution in [1.82, 2.24) is 14.3 Å². The van der Waals surface area contributed by atoms with E-state index in [1.165, 1.54) is 0 Å². The van der Waals surface area contributed by atoms with Crippen LogP contribution >= 0.6 is 0 Å². The minimum atomic E-state index is -3.56. The molecule has 0 bridgehead atoms. The summed E-state index contributed by atoms with van der Waals surface area (Å²) in [6, 6.07) is 26.8. The topological polar surface area (TPSA) is 75.6 Å².